The number of aryl methyl sites for hydroxylation is 2. The van der Waals surface area contributed by atoms with Crippen molar-refractivity contribution in [2.24, 2.45) is 5.92 Å². The molecule has 160 valence electrons. The number of hydrogen-bond donors (Lipinski definition) is 1. The van der Waals surface area contributed by atoms with Crippen LogP contribution in [0.2, 0.25) is 5.02 Å². The molecule has 1 aliphatic heterocycles. The van der Waals surface area contributed by atoms with E-state index < -0.39 is 14.9 Å². The van der Waals surface area contributed by atoms with Crippen molar-refractivity contribution in [2.45, 2.75) is 31.6 Å². The lowest BCUT2D eigenvalue weighted by atomic mass is 9.97. The Labute approximate surface area is 180 Å². The summed E-state index contributed by atoms with van der Waals surface area (Å²) in [5, 5.41) is 13.8. The number of nitro groups is 1. The molecule has 30 heavy (non-hydrogen) atoms. The van der Waals surface area contributed by atoms with E-state index in [1.807, 2.05) is 32.0 Å². The Balaban J connectivity index is 1.69. The van der Waals surface area contributed by atoms with E-state index in [1.165, 1.54) is 10.4 Å². The number of anilines is 1. The van der Waals surface area contributed by atoms with Crippen LogP contribution in [0.3, 0.4) is 0 Å². The van der Waals surface area contributed by atoms with Gasteiger partial charge in [0.15, 0.2) is 0 Å². The average Bonchev–Trinajstić information content (AvgIpc) is 2.67. The van der Waals surface area contributed by atoms with E-state index in [1.54, 1.807) is 0 Å². The lowest BCUT2D eigenvalue weighted by Crippen LogP contribution is -2.41. The number of hydrogen-bond acceptors (Lipinski definition) is 5. The van der Waals surface area contributed by atoms with Crippen molar-refractivity contribution >= 4 is 38.9 Å². The van der Waals surface area contributed by atoms with Crippen LogP contribution in [0, 0.1) is 29.9 Å². The molecule has 0 atom stereocenters. The Morgan fingerprint density at radius 1 is 1.13 bits per heavy atom. The van der Waals surface area contributed by atoms with Crippen molar-refractivity contribution in [2.75, 3.05) is 18.4 Å². The fourth-order valence-electron chi connectivity index (χ4n) is 3.59. The van der Waals surface area contributed by atoms with Crippen LogP contribution in [0.4, 0.5) is 11.4 Å². The van der Waals surface area contributed by atoms with Gasteiger partial charge in [-0.3, -0.25) is 14.9 Å². The van der Waals surface area contributed by atoms with Crippen molar-refractivity contribution in [3.05, 3.63) is 62.7 Å². The predicted octanol–water partition coefficient (Wildman–Crippen LogP) is 3.90. The number of rotatable bonds is 5. The third-order valence-corrected chi connectivity index (χ3v) is 7.44. The minimum atomic E-state index is -4.00. The summed E-state index contributed by atoms with van der Waals surface area (Å²) in [6.45, 7) is 4.16. The van der Waals surface area contributed by atoms with Crippen LogP contribution in [0.1, 0.15) is 24.0 Å². The molecule has 0 spiro atoms. The van der Waals surface area contributed by atoms with Gasteiger partial charge in [-0.05, 0) is 56.0 Å². The van der Waals surface area contributed by atoms with Crippen molar-refractivity contribution in [3.8, 4) is 0 Å². The summed E-state index contributed by atoms with van der Waals surface area (Å²) < 4.78 is 27.1. The van der Waals surface area contributed by atoms with Crippen molar-refractivity contribution in [3.63, 3.8) is 0 Å². The van der Waals surface area contributed by atoms with Crippen molar-refractivity contribution < 1.29 is 18.1 Å². The molecule has 0 radical (unpaired) electrons. The molecule has 0 unspecified atom stereocenters. The van der Waals surface area contributed by atoms with Crippen LogP contribution in [0.15, 0.2) is 41.3 Å². The van der Waals surface area contributed by atoms with E-state index in [9.17, 15) is 23.3 Å². The molecule has 1 aliphatic rings. The molecule has 1 fully saturated rings. The summed E-state index contributed by atoms with van der Waals surface area (Å²) in [7, 11) is -4.00. The van der Waals surface area contributed by atoms with Crippen LogP contribution in [-0.4, -0.2) is 36.6 Å². The smallest absolute Gasteiger partial charge is 0.270 e. The number of carbonyl (C=O) groups excluding carboxylic acids is 1. The molecule has 1 N–H and O–H groups in total. The van der Waals surface area contributed by atoms with Gasteiger partial charge in [0.05, 0.1) is 9.95 Å². The van der Waals surface area contributed by atoms with Gasteiger partial charge in [-0.15, -0.1) is 0 Å². The molecule has 2 aromatic rings. The number of nitrogens with one attached hydrogen (secondary N) is 1. The maximum absolute atomic E-state index is 12.9. The molecule has 1 heterocycles. The normalized spacial score (nSPS) is 15.7. The number of non-ortho nitro benzene ring substituents is 1. The van der Waals surface area contributed by atoms with Crippen LogP contribution >= 0.6 is 11.6 Å². The van der Waals surface area contributed by atoms with E-state index in [4.69, 9.17) is 11.6 Å². The Morgan fingerprint density at radius 2 is 1.73 bits per heavy atom. The number of amides is 1. The lowest BCUT2D eigenvalue weighted by Gasteiger charge is -2.30. The second kappa shape index (κ2) is 8.71. The number of halogens is 1. The maximum Gasteiger partial charge on any atom is 0.270 e. The fraction of sp³-hybridized carbons (Fsp3) is 0.350. The molecule has 2 aromatic carbocycles. The first kappa shape index (κ1) is 22.2. The number of carbonyl (C=O) groups is 1. The largest absolute Gasteiger partial charge is 0.326 e. The topological polar surface area (TPSA) is 110 Å². The molecule has 0 aliphatic carbocycles. The summed E-state index contributed by atoms with van der Waals surface area (Å²) >= 11 is 6.01. The number of nitrogens with zero attached hydrogens (tertiary/aromatic N) is 2. The highest BCUT2D eigenvalue weighted by Gasteiger charge is 2.34. The van der Waals surface area contributed by atoms with Gasteiger partial charge in [0.1, 0.15) is 4.90 Å². The van der Waals surface area contributed by atoms with E-state index in [0.29, 0.717) is 12.8 Å². The SMILES string of the molecule is Cc1cc(C)cc(NC(=O)C2CCN(S(=O)(=O)c3cc([N+](=O)[O-])ccc3Cl)CC2)c1. The fourth-order valence-corrected chi connectivity index (χ4v) is 5.56. The molecule has 3 rings (SSSR count). The highest BCUT2D eigenvalue weighted by molar-refractivity contribution is 7.89. The summed E-state index contributed by atoms with van der Waals surface area (Å²) in [4.78, 5) is 22.6. The third kappa shape index (κ3) is 4.80. The molecule has 8 nitrogen and oxygen atoms in total. The van der Waals surface area contributed by atoms with Crippen molar-refractivity contribution in [1.29, 1.82) is 0 Å². The monoisotopic (exact) mass is 451 g/mol. The zero-order valence-electron chi connectivity index (χ0n) is 16.6. The van der Waals surface area contributed by atoms with Crippen LogP contribution in [0.25, 0.3) is 0 Å². The van der Waals surface area contributed by atoms with Crippen molar-refractivity contribution in [1.82, 2.24) is 4.31 Å². The standard InChI is InChI=1S/C20H22ClN3O5S/c1-13-9-14(2)11-16(10-13)22-20(25)15-5-7-23(8-6-15)30(28,29)19-12-17(24(26)27)3-4-18(19)21/h3-4,9-12,15H,5-8H2,1-2H3,(H,22,25). The Morgan fingerprint density at radius 3 is 2.30 bits per heavy atom. The second-order valence-electron chi connectivity index (χ2n) is 7.42. The molecule has 0 bridgehead atoms. The maximum atomic E-state index is 12.9. The summed E-state index contributed by atoms with van der Waals surface area (Å²) in [5.74, 6) is -0.469. The average molecular weight is 452 g/mol. The number of benzene rings is 2. The van der Waals surface area contributed by atoms with Gasteiger partial charge in [0.2, 0.25) is 15.9 Å². The highest BCUT2D eigenvalue weighted by atomic mass is 35.5. The minimum absolute atomic E-state index is 0.0738. The first-order valence-electron chi connectivity index (χ1n) is 9.41. The predicted molar refractivity (Wildman–Crippen MR) is 114 cm³/mol. The minimum Gasteiger partial charge on any atom is -0.326 e. The molecule has 0 aromatic heterocycles. The Kier molecular flexibility index (Phi) is 6.44. The first-order valence-corrected chi connectivity index (χ1v) is 11.2. The van der Waals surface area contributed by atoms with Crippen LogP contribution < -0.4 is 5.32 Å². The van der Waals surface area contributed by atoms with Crippen LogP contribution in [0.5, 0.6) is 0 Å². The molecule has 1 amide bonds. The zero-order valence-corrected chi connectivity index (χ0v) is 18.2. The quantitative estimate of drug-likeness (QED) is 0.547. The third-order valence-electron chi connectivity index (χ3n) is 5.06. The van der Waals surface area contributed by atoms with Gasteiger partial charge in [-0.2, -0.15) is 4.31 Å². The van der Waals surface area contributed by atoms with E-state index >= 15 is 0 Å². The molecular formula is C20H22ClN3O5S. The zero-order chi connectivity index (χ0) is 22.1. The lowest BCUT2D eigenvalue weighted by molar-refractivity contribution is -0.385. The van der Waals surface area contributed by atoms with Gasteiger partial charge in [0.25, 0.3) is 5.69 Å². The van der Waals surface area contributed by atoms with Gasteiger partial charge >= 0.3 is 0 Å². The highest BCUT2D eigenvalue weighted by Crippen LogP contribution is 2.31. The van der Waals surface area contributed by atoms with E-state index in [2.05, 4.69) is 5.32 Å². The van der Waals surface area contributed by atoms with Crippen LogP contribution in [-0.2, 0) is 14.8 Å². The Hall–Kier alpha value is -2.49. The van der Waals surface area contributed by atoms with Gasteiger partial charge in [-0.25, -0.2) is 8.42 Å². The first-order chi connectivity index (χ1) is 14.1. The number of sulfonamides is 1. The molecule has 1 saturated heterocycles. The van der Waals surface area contributed by atoms with Gasteiger partial charge in [-0.1, -0.05) is 17.7 Å². The van der Waals surface area contributed by atoms with E-state index in [-0.39, 0.29) is 40.5 Å². The number of nitro benzene ring substituents is 1. The Bertz CT molecular complexity index is 1080. The summed E-state index contributed by atoms with van der Waals surface area (Å²) in [6, 6.07) is 9.11. The molecular weight excluding hydrogens is 430 g/mol. The van der Waals surface area contributed by atoms with Gasteiger partial charge < -0.3 is 5.32 Å². The summed E-state index contributed by atoms with van der Waals surface area (Å²) in [6.07, 6.45) is 0.699. The molecule has 10 heteroatoms. The van der Waals surface area contributed by atoms with E-state index in [0.717, 1.165) is 28.9 Å². The second-order valence-corrected chi connectivity index (χ2v) is 9.73. The van der Waals surface area contributed by atoms with Gasteiger partial charge in [0, 0.05) is 36.8 Å². The summed E-state index contributed by atoms with van der Waals surface area (Å²) in [5.41, 5.74) is 2.46. The molecule has 0 saturated carbocycles. The number of piperidine rings is 1.